The number of aromatic nitrogens is 3. The summed E-state index contributed by atoms with van der Waals surface area (Å²) in [5.74, 6) is 0. The molecule has 0 saturated heterocycles. The van der Waals surface area contributed by atoms with E-state index >= 15 is 0 Å². The summed E-state index contributed by atoms with van der Waals surface area (Å²) in [4.78, 5) is 11.4. The van der Waals surface area contributed by atoms with Gasteiger partial charge in [-0.15, -0.1) is 11.3 Å². The van der Waals surface area contributed by atoms with Crippen molar-refractivity contribution in [3.05, 3.63) is 71.6 Å². The monoisotopic (exact) mass is 447 g/mol. The van der Waals surface area contributed by atoms with Gasteiger partial charge >= 0.3 is 0 Å². The third-order valence-electron chi connectivity index (χ3n) is 5.44. The number of hydrogen-bond acceptors (Lipinski definition) is 6. The summed E-state index contributed by atoms with van der Waals surface area (Å²) in [7, 11) is 1.74. The molecule has 1 N–H and O–H groups in total. The predicted molar refractivity (Wildman–Crippen MR) is 134 cm³/mol. The van der Waals surface area contributed by atoms with Crippen LogP contribution in [0.2, 0.25) is 0 Å². The van der Waals surface area contributed by atoms with Gasteiger partial charge in [0, 0.05) is 54.4 Å². The average molecular weight is 448 g/mol. The van der Waals surface area contributed by atoms with Crippen molar-refractivity contribution in [2.75, 3.05) is 37.0 Å². The SMILES string of the molecule is CCN(CCOC)c1ccc(Nc2nc(-c3ccc(-n4cnc(C)c4)cc3)cs2)c(C)c1. The first-order valence-corrected chi connectivity index (χ1v) is 11.6. The van der Waals surface area contributed by atoms with Gasteiger partial charge in [0.1, 0.15) is 0 Å². The molecule has 0 aliphatic carbocycles. The summed E-state index contributed by atoms with van der Waals surface area (Å²) in [6, 6.07) is 14.9. The highest BCUT2D eigenvalue weighted by molar-refractivity contribution is 7.14. The van der Waals surface area contributed by atoms with Crippen LogP contribution in [0.4, 0.5) is 16.5 Å². The van der Waals surface area contributed by atoms with Gasteiger partial charge in [-0.2, -0.15) is 0 Å². The lowest BCUT2D eigenvalue weighted by atomic mass is 10.1. The van der Waals surface area contributed by atoms with Gasteiger partial charge in [0.15, 0.2) is 5.13 Å². The van der Waals surface area contributed by atoms with Crippen molar-refractivity contribution in [1.29, 1.82) is 0 Å². The number of aryl methyl sites for hydroxylation is 2. The van der Waals surface area contributed by atoms with E-state index in [1.54, 1.807) is 18.4 Å². The highest BCUT2D eigenvalue weighted by atomic mass is 32.1. The van der Waals surface area contributed by atoms with E-state index in [1.807, 2.05) is 24.0 Å². The summed E-state index contributed by atoms with van der Waals surface area (Å²) in [6.07, 6.45) is 3.85. The molecule has 6 nitrogen and oxygen atoms in total. The minimum absolute atomic E-state index is 0.720. The maximum absolute atomic E-state index is 5.23. The van der Waals surface area contributed by atoms with Crippen molar-refractivity contribution in [2.24, 2.45) is 0 Å². The molecule has 4 aromatic rings. The maximum Gasteiger partial charge on any atom is 0.187 e. The summed E-state index contributed by atoms with van der Waals surface area (Å²) >= 11 is 1.61. The second-order valence-corrected chi connectivity index (χ2v) is 8.56. The van der Waals surface area contributed by atoms with Crippen molar-refractivity contribution in [1.82, 2.24) is 14.5 Å². The Kier molecular flexibility index (Phi) is 6.87. The Balaban J connectivity index is 1.46. The van der Waals surface area contributed by atoms with Crippen LogP contribution in [0.5, 0.6) is 0 Å². The first-order valence-electron chi connectivity index (χ1n) is 10.8. The molecule has 0 fully saturated rings. The molecule has 2 aromatic carbocycles. The minimum Gasteiger partial charge on any atom is -0.383 e. The summed E-state index contributed by atoms with van der Waals surface area (Å²) < 4.78 is 7.25. The molecule has 32 heavy (non-hydrogen) atoms. The number of imidazole rings is 1. The van der Waals surface area contributed by atoms with Gasteiger partial charge < -0.3 is 19.5 Å². The lowest BCUT2D eigenvalue weighted by Crippen LogP contribution is -2.26. The van der Waals surface area contributed by atoms with Gasteiger partial charge in [-0.1, -0.05) is 12.1 Å². The van der Waals surface area contributed by atoms with Crippen molar-refractivity contribution in [2.45, 2.75) is 20.8 Å². The first kappa shape index (κ1) is 22.0. The van der Waals surface area contributed by atoms with Crippen LogP contribution in [0.3, 0.4) is 0 Å². The number of nitrogens with one attached hydrogen (secondary N) is 1. The van der Waals surface area contributed by atoms with E-state index in [1.165, 1.54) is 11.3 Å². The number of anilines is 3. The standard InChI is InChI=1S/C25H29N5OS/c1-5-29(12-13-31-4)22-10-11-23(18(2)14-22)27-25-28-24(16-32-25)20-6-8-21(9-7-20)30-15-19(3)26-17-30/h6-11,14-17H,5,12-13H2,1-4H3,(H,27,28). The Morgan fingerprint density at radius 3 is 2.59 bits per heavy atom. The highest BCUT2D eigenvalue weighted by Crippen LogP contribution is 2.30. The van der Waals surface area contributed by atoms with Crippen LogP contribution >= 0.6 is 11.3 Å². The van der Waals surface area contributed by atoms with Crippen LogP contribution in [0.15, 0.2) is 60.4 Å². The normalized spacial score (nSPS) is 11.0. The topological polar surface area (TPSA) is 55.2 Å². The molecule has 0 atom stereocenters. The summed E-state index contributed by atoms with van der Waals surface area (Å²) in [5, 5.41) is 6.46. The van der Waals surface area contributed by atoms with Crippen LogP contribution in [0.1, 0.15) is 18.2 Å². The Morgan fingerprint density at radius 1 is 1.12 bits per heavy atom. The van der Waals surface area contributed by atoms with E-state index in [0.717, 1.165) is 53.2 Å². The fraction of sp³-hybridized carbons (Fsp3) is 0.280. The van der Waals surface area contributed by atoms with E-state index < -0.39 is 0 Å². The number of methoxy groups -OCH3 is 1. The first-order chi connectivity index (χ1) is 15.6. The van der Waals surface area contributed by atoms with Gasteiger partial charge in [0.25, 0.3) is 0 Å². The second kappa shape index (κ2) is 9.97. The fourth-order valence-electron chi connectivity index (χ4n) is 3.60. The number of nitrogens with zero attached hydrogens (tertiary/aromatic N) is 4. The molecule has 0 spiro atoms. The largest absolute Gasteiger partial charge is 0.383 e. The number of ether oxygens (including phenoxy) is 1. The molecule has 0 aliphatic heterocycles. The zero-order valence-corrected chi connectivity index (χ0v) is 19.8. The molecule has 0 aliphatic rings. The Hall–Kier alpha value is -3.16. The average Bonchev–Trinajstić information content (AvgIpc) is 3.45. The van der Waals surface area contributed by atoms with E-state index in [0.29, 0.717) is 0 Å². The fourth-order valence-corrected chi connectivity index (χ4v) is 4.33. The van der Waals surface area contributed by atoms with Gasteiger partial charge in [-0.3, -0.25) is 0 Å². The lowest BCUT2D eigenvalue weighted by Gasteiger charge is -2.23. The molecule has 2 heterocycles. The van der Waals surface area contributed by atoms with Crippen LogP contribution in [0.25, 0.3) is 16.9 Å². The maximum atomic E-state index is 5.23. The Bertz CT molecular complexity index is 1170. The van der Waals surface area contributed by atoms with Gasteiger partial charge in [0.2, 0.25) is 0 Å². The molecule has 0 unspecified atom stereocenters. The lowest BCUT2D eigenvalue weighted by molar-refractivity contribution is 0.205. The van der Waals surface area contributed by atoms with Crippen LogP contribution in [-0.2, 0) is 4.74 Å². The van der Waals surface area contributed by atoms with Crippen LogP contribution in [0, 0.1) is 13.8 Å². The van der Waals surface area contributed by atoms with E-state index in [4.69, 9.17) is 9.72 Å². The molecule has 0 saturated carbocycles. The van der Waals surface area contributed by atoms with Crippen molar-refractivity contribution < 1.29 is 4.74 Å². The molecule has 0 radical (unpaired) electrons. The molecule has 7 heteroatoms. The van der Waals surface area contributed by atoms with E-state index in [2.05, 4.69) is 76.9 Å². The molecule has 0 amide bonds. The molecule has 166 valence electrons. The number of benzene rings is 2. The molecule has 2 aromatic heterocycles. The molecule has 0 bridgehead atoms. The van der Waals surface area contributed by atoms with Gasteiger partial charge in [-0.25, -0.2) is 9.97 Å². The second-order valence-electron chi connectivity index (χ2n) is 7.70. The van der Waals surface area contributed by atoms with Crippen molar-refractivity contribution >= 4 is 27.8 Å². The van der Waals surface area contributed by atoms with Gasteiger partial charge in [-0.05, 0) is 56.7 Å². The smallest absolute Gasteiger partial charge is 0.187 e. The third kappa shape index (κ3) is 5.00. The quantitative estimate of drug-likeness (QED) is 0.350. The molecular formula is C25H29N5OS. The Morgan fingerprint density at radius 2 is 1.94 bits per heavy atom. The number of rotatable bonds is 9. The van der Waals surface area contributed by atoms with Crippen LogP contribution in [-0.4, -0.2) is 41.3 Å². The zero-order valence-electron chi connectivity index (χ0n) is 19.0. The van der Waals surface area contributed by atoms with Gasteiger partial charge in [0.05, 0.1) is 24.3 Å². The van der Waals surface area contributed by atoms with Crippen molar-refractivity contribution in [3.8, 4) is 16.9 Å². The van der Waals surface area contributed by atoms with E-state index in [9.17, 15) is 0 Å². The highest BCUT2D eigenvalue weighted by Gasteiger charge is 2.10. The zero-order chi connectivity index (χ0) is 22.5. The Labute approximate surface area is 193 Å². The number of likely N-dealkylation sites (N-methyl/N-ethyl adjacent to an activating group) is 1. The molecular weight excluding hydrogens is 418 g/mol. The number of thiazole rings is 1. The van der Waals surface area contributed by atoms with E-state index in [-0.39, 0.29) is 0 Å². The molecule has 4 rings (SSSR count). The summed E-state index contributed by atoms with van der Waals surface area (Å²) in [5.41, 5.74) is 7.63. The van der Waals surface area contributed by atoms with Crippen LogP contribution < -0.4 is 10.2 Å². The minimum atomic E-state index is 0.720. The summed E-state index contributed by atoms with van der Waals surface area (Å²) in [6.45, 7) is 8.83. The number of hydrogen-bond donors (Lipinski definition) is 1. The van der Waals surface area contributed by atoms with Crippen molar-refractivity contribution in [3.63, 3.8) is 0 Å². The predicted octanol–water partition coefficient (Wildman–Crippen LogP) is 5.83. The third-order valence-corrected chi connectivity index (χ3v) is 6.20.